The van der Waals surface area contributed by atoms with E-state index in [0.717, 1.165) is 18.4 Å². The van der Waals surface area contributed by atoms with Crippen molar-refractivity contribution in [1.82, 2.24) is 0 Å². The maximum Gasteiger partial charge on any atom is 0.129 e. The van der Waals surface area contributed by atoms with Gasteiger partial charge < -0.3 is 30.0 Å². The second kappa shape index (κ2) is 24.8. The van der Waals surface area contributed by atoms with Crippen molar-refractivity contribution >= 4 is 11.6 Å². The van der Waals surface area contributed by atoms with Crippen molar-refractivity contribution in [3.05, 3.63) is 60.3 Å². The van der Waals surface area contributed by atoms with E-state index in [1.54, 1.807) is 50.3 Å². The topological polar surface area (TPSA) is 115 Å². The summed E-state index contributed by atoms with van der Waals surface area (Å²) in [5.74, 6) is 5.84. The molecule has 41 heavy (non-hydrogen) atoms. The zero-order valence-corrected chi connectivity index (χ0v) is 24.3. The summed E-state index contributed by atoms with van der Waals surface area (Å²) in [4.78, 5) is 21.6. The summed E-state index contributed by atoms with van der Waals surface area (Å²) in [7, 11) is 0. The average molecular weight is 569 g/mol. The standard InChI is InChI=1S/2C17H24O3.CH4/c1-3-7-15(19)10-5-4-9-14-12-16(14)17(20)11-6-8-13(2)18;1-4-8-16(19)11-6-5-9-14(2)13-17(20)12-7-10-15(3)18;/h1,4-5,9-10,14-17,19-20H,6-8,11-12H2,2H3;1,5-6,9,11,13,16-17,19-20H,7-8,10,12H2,2-3H3;1H4/b9-4+,10-5+;9-5+,11-6+,14-13-;/t14-,15-,16+,17+;16-,17?;/m11./s1. The molecule has 1 rings (SSSR count). The van der Waals surface area contributed by atoms with Gasteiger partial charge in [0.2, 0.25) is 0 Å². The van der Waals surface area contributed by atoms with Gasteiger partial charge >= 0.3 is 0 Å². The SMILES string of the molecule is C.C#CC[C@@H](O)/C=C/C=C/C(C)=C\C(O)CCCC(C)=O.C#CC[C@@H](O)/C=C/C=C/[C@@H]1C[C@@H]1[C@@H](O)CCCC(C)=O. The fourth-order valence-corrected chi connectivity index (χ4v) is 3.85. The molecule has 1 aliphatic rings. The molecule has 0 aromatic heterocycles. The molecule has 0 bridgehead atoms. The summed E-state index contributed by atoms with van der Waals surface area (Å²) in [5, 5.41) is 38.4. The zero-order valence-electron chi connectivity index (χ0n) is 24.3. The van der Waals surface area contributed by atoms with Gasteiger partial charge in [0.15, 0.2) is 0 Å². The van der Waals surface area contributed by atoms with Crippen LogP contribution >= 0.6 is 0 Å². The van der Waals surface area contributed by atoms with E-state index in [9.17, 15) is 30.0 Å². The van der Waals surface area contributed by atoms with Crippen LogP contribution in [0, 0.1) is 36.5 Å². The average Bonchev–Trinajstić information content (AvgIpc) is 3.64. The van der Waals surface area contributed by atoms with E-state index in [-0.39, 0.29) is 25.1 Å². The van der Waals surface area contributed by atoms with E-state index in [2.05, 4.69) is 17.9 Å². The maximum absolute atomic E-state index is 10.8. The van der Waals surface area contributed by atoms with Crippen molar-refractivity contribution in [3.8, 4) is 24.7 Å². The third-order valence-corrected chi connectivity index (χ3v) is 6.16. The molecule has 6 nitrogen and oxygen atoms in total. The van der Waals surface area contributed by atoms with Gasteiger partial charge in [-0.25, -0.2) is 0 Å². The van der Waals surface area contributed by atoms with Crippen molar-refractivity contribution in [2.24, 2.45) is 11.8 Å². The van der Waals surface area contributed by atoms with Gasteiger partial charge in [-0.1, -0.05) is 67.7 Å². The van der Waals surface area contributed by atoms with E-state index in [1.807, 2.05) is 19.1 Å². The molecule has 1 unspecified atom stereocenters. The second-order valence-electron chi connectivity index (χ2n) is 10.3. The Hall–Kier alpha value is -3.00. The van der Waals surface area contributed by atoms with Crippen LogP contribution in [-0.4, -0.2) is 56.4 Å². The lowest BCUT2D eigenvalue weighted by atomic mass is 10.1. The molecule has 1 aliphatic carbocycles. The largest absolute Gasteiger partial charge is 0.393 e. The zero-order chi connectivity index (χ0) is 30.3. The first kappa shape index (κ1) is 40.1. The number of carbonyl (C=O) groups excluding carboxylic acids is 2. The van der Waals surface area contributed by atoms with Gasteiger partial charge in [-0.3, -0.25) is 0 Å². The third-order valence-electron chi connectivity index (χ3n) is 6.16. The number of terminal acetylenes is 2. The van der Waals surface area contributed by atoms with Crippen LogP contribution in [-0.2, 0) is 9.59 Å². The van der Waals surface area contributed by atoms with Crippen LogP contribution < -0.4 is 0 Å². The number of allylic oxidation sites excluding steroid dienone is 7. The van der Waals surface area contributed by atoms with Crippen LogP contribution in [0.3, 0.4) is 0 Å². The minimum absolute atomic E-state index is 0. The molecule has 0 heterocycles. The van der Waals surface area contributed by atoms with Crippen LogP contribution in [0.5, 0.6) is 0 Å². The normalized spacial score (nSPS) is 19.6. The van der Waals surface area contributed by atoms with E-state index in [0.29, 0.717) is 56.8 Å². The van der Waals surface area contributed by atoms with Gasteiger partial charge in [0, 0.05) is 25.7 Å². The van der Waals surface area contributed by atoms with Crippen LogP contribution in [0.4, 0.5) is 0 Å². The van der Waals surface area contributed by atoms with E-state index in [1.165, 1.54) is 0 Å². The van der Waals surface area contributed by atoms with Crippen LogP contribution in [0.2, 0.25) is 0 Å². The molecule has 0 aromatic carbocycles. The Morgan fingerprint density at radius 3 is 1.83 bits per heavy atom. The van der Waals surface area contributed by atoms with Gasteiger partial charge in [-0.2, -0.15) is 0 Å². The van der Waals surface area contributed by atoms with Gasteiger partial charge in [-0.05, 0) is 64.7 Å². The van der Waals surface area contributed by atoms with E-state index < -0.39 is 18.3 Å². The number of rotatable bonds is 18. The molecule has 0 aliphatic heterocycles. The molecule has 1 fully saturated rings. The Balaban J connectivity index is 0. The lowest BCUT2D eigenvalue weighted by molar-refractivity contribution is -0.118. The Morgan fingerprint density at radius 2 is 1.32 bits per heavy atom. The molecule has 4 N–H and O–H groups in total. The number of Topliss-reactive ketones (excluding diaryl/α,β-unsaturated/α-hetero) is 2. The first-order chi connectivity index (χ1) is 19.0. The fraction of sp³-hybridized carbons (Fsp3) is 0.543. The Kier molecular flexibility index (Phi) is 24.2. The lowest BCUT2D eigenvalue weighted by Crippen LogP contribution is -2.10. The predicted octanol–water partition coefficient (Wildman–Crippen LogP) is 5.42. The predicted molar refractivity (Wildman–Crippen MR) is 169 cm³/mol. The van der Waals surface area contributed by atoms with Crippen LogP contribution in [0.15, 0.2) is 60.3 Å². The van der Waals surface area contributed by atoms with E-state index >= 15 is 0 Å². The highest BCUT2D eigenvalue weighted by Gasteiger charge is 2.39. The Morgan fingerprint density at radius 1 is 0.805 bits per heavy atom. The minimum Gasteiger partial charge on any atom is -0.393 e. The smallest absolute Gasteiger partial charge is 0.129 e. The molecule has 0 spiro atoms. The summed E-state index contributed by atoms with van der Waals surface area (Å²) in [6.45, 7) is 5.02. The molecule has 0 aromatic rings. The highest BCUT2D eigenvalue weighted by molar-refractivity contribution is 5.75. The quantitative estimate of drug-likeness (QED) is 0.130. The highest BCUT2D eigenvalue weighted by Crippen LogP contribution is 2.43. The fourth-order valence-electron chi connectivity index (χ4n) is 3.85. The summed E-state index contributed by atoms with van der Waals surface area (Å²) in [6.07, 6.45) is 29.7. The summed E-state index contributed by atoms with van der Waals surface area (Å²) in [6, 6.07) is 0. The van der Waals surface area contributed by atoms with Crippen LogP contribution in [0.1, 0.15) is 86.0 Å². The molecular weight excluding hydrogens is 516 g/mol. The summed E-state index contributed by atoms with van der Waals surface area (Å²) >= 11 is 0. The van der Waals surface area contributed by atoms with Crippen molar-refractivity contribution in [2.45, 2.75) is 110 Å². The first-order valence-electron chi connectivity index (χ1n) is 14.0. The maximum atomic E-state index is 10.8. The molecule has 1 saturated carbocycles. The lowest BCUT2D eigenvalue weighted by Gasteiger charge is -2.08. The Bertz CT molecular complexity index is 972. The van der Waals surface area contributed by atoms with Crippen LogP contribution in [0.25, 0.3) is 0 Å². The van der Waals surface area contributed by atoms with Crippen molar-refractivity contribution < 1.29 is 30.0 Å². The highest BCUT2D eigenvalue weighted by atomic mass is 16.3. The van der Waals surface area contributed by atoms with Crippen molar-refractivity contribution in [2.75, 3.05) is 0 Å². The minimum atomic E-state index is -0.619. The molecule has 0 radical (unpaired) electrons. The molecular formula is C35H52O6. The third kappa shape index (κ3) is 24.5. The monoisotopic (exact) mass is 568 g/mol. The van der Waals surface area contributed by atoms with Crippen molar-refractivity contribution in [3.63, 3.8) is 0 Å². The summed E-state index contributed by atoms with van der Waals surface area (Å²) in [5.41, 5.74) is 0.927. The number of hydrogen-bond donors (Lipinski definition) is 4. The molecule has 0 saturated heterocycles. The molecule has 228 valence electrons. The Labute approximate surface area is 248 Å². The first-order valence-corrected chi connectivity index (χ1v) is 14.0. The molecule has 0 amide bonds. The molecule has 6 heteroatoms. The van der Waals surface area contributed by atoms with E-state index in [4.69, 9.17) is 12.8 Å². The second-order valence-corrected chi connectivity index (χ2v) is 10.3. The number of ketones is 2. The summed E-state index contributed by atoms with van der Waals surface area (Å²) < 4.78 is 0. The number of hydrogen-bond acceptors (Lipinski definition) is 6. The van der Waals surface area contributed by atoms with Gasteiger partial charge in [0.05, 0.1) is 24.4 Å². The number of carbonyl (C=O) groups is 2. The number of aliphatic hydroxyl groups excluding tert-OH is 4. The van der Waals surface area contributed by atoms with Gasteiger partial charge in [-0.15, -0.1) is 24.7 Å². The molecule has 6 atom stereocenters. The van der Waals surface area contributed by atoms with Gasteiger partial charge in [0.1, 0.15) is 11.6 Å². The number of aliphatic hydroxyl groups is 4. The van der Waals surface area contributed by atoms with Crippen molar-refractivity contribution in [1.29, 1.82) is 0 Å². The van der Waals surface area contributed by atoms with Gasteiger partial charge in [0.25, 0.3) is 0 Å².